The van der Waals surface area contributed by atoms with Crippen LogP contribution < -0.4 is 11.1 Å². The van der Waals surface area contributed by atoms with Crippen LogP contribution in [0.4, 0.5) is 0 Å². The minimum atomic E-state index is 0.159. The lowest BCUT2D eigenvalue weighted by atomic mass is 9.91. The van der Waals surface area contributed by atoms with E-state index in [4.69, 9.17) is 10.5 Å². The van der Waals surface area contributed by atoms with E-state index in [9.17, 15) is 0 Å². The fourth-order valence-corrected chi connectivity index (χ4v) is 3.10. The van der Waals surface area contributed by atoms with Crippen molar-refractivity contribution in [2.45, 2.75) is 70.1 Å². The second-order valence-corrected chi connectivity index (χ2v) is 6.12. The van der Waals surface area contributed by atoms with Crippen LogP contribution in [0.15, 0.2) is 0 Å². The molecule has 1 heterocycles. The summed E-state index contributed by atoms with van der Waals surface area (Å²) in [5.74, 6) is 0.655. The summed E-state index contributed by atoms with van der Waals surface area (Å²) >= 11 is 0. The van der Waals surface area contributed by atoms with E-state index in [1.165, 1.54) is 32.1 Å². The fourth-order valence-electron chi connectivity index (χ4n) is 3.10. The van der Waals surface area contributed by atoms with Gasteiger partial charge < -0.3 is 15.8 Å². The number of ether oxygens (including phenoxy) is 1. The van der Waals surface area contributed by atoms with Crippen molar-refractivity contribution in [3.8, 4) is 0 Å². The maximum absolute atomic E-state index is 6.27. The van der Waals surface area contributed by atoms with E-state index in [-0.39, 0.29) is 5.54 Å². The van der Waals surface area contributed by atoms with Gasteiger partial charge in [0.2, 0.25) is 0 Å². The highest BCUT2D eigenvalue weighted by molar-refractivity contribution is 4.94. The van der Waals surface area contributed by atoms with Crippen LogP contribution in [-0.4, -0.2) is 30.8 Å². The summed E-state index contributed by atoms with van der Waals surface area (Å²) in [7, 11) is 0. The lowest BCUT2D eigenvalue weighted by Crippen LogP contribution is -2.51. The molecule has 1 aliphatic heterocycles. The van der Waals surface area contributed by atoms with Gasteiger partial charge in [0.1, 0.15) is 0 Å². The molecule has 4 atom stereocenters. The van der Waals surface area contributed by atoms with Crippen molar-refractivity contribution in [2.24, 2.45) is 11.7 Å². The number of nitrogens with two attached hydrogens (primary N) is 1. The molecule has 2 aliphatic rings. The molecule has 100 valence electrons. The van der Waals surface area contributed by atoms with E-state index in [2.05, 4.69) is 19.2 Å². The van der Waals surface area contributed by atoms with Gasteiger partial charge in [0.15, 0.2) is 0 Å². The van der Waals surface area contributed by atoms with Crippen LogP contribution in [-0.2, 0) is 4.74 Å². The number of hydrogen-bond donors (Lipinski definition) is 2. The molecule has 1 aliphatic carbocycles. The van der Waals surface area contributed by atoms with Gasteiger partial charge in [-0.15, -0.1) is 0 Å². The highest BCUT2D eigenvalue weighted by Crippen LogP contribution is 2.27. The molecule has 4 unspecified atom stereocenters. The van der Waals surface area contributed by atoms with Crippen molar-refractivity contribution in [1.29, 1.82) is 0 Å². The molecule has 0 bridgehead atoms. The standard InChI is InChI=1S/C14H28N2O/c1-11-14(2,8-9-17-11)16-10-12-6-4-3-5-7-13(12)15/h11-13,16H,3-10,15H2,1-2H3. The van der Waals surface area contributed by atoms with E-state index < -0.39 is 0 Å². The fraction of sp³-hybridized carbons (Fsp3) is 1.00. The zero-order chi connectivity index (χ0) is 12.3. The molecule has 0 aromatic rings. The summed E-state index contributed by atoms with van der Waals surface area (Å²) in [4.78, 5) is 0. The van der Waals surface area contributed by atoms with Crippen LogP contribution >= 0.6 is 0 Å². The van der Waals surface area contributed by atoms with Gasteiger partial charge in [-0.1, -0.05) is 19.3 Å². The van der Waals surface area contributed by atoms with Crippen molar-refractivity contribution in [3.05, 3.63) is 0 Å². The summed E-state index contributed by atoms with van der Waals surface area (Å²) in [6.07, 6.45) is 7.97. The predicted octanol–water partition coefficient (Wildman–Crippen LogP) is 2.05. The Hall–Kier alpha value is -0.120. The highest BCUT2D eigenvalue weighted by Gasteiger charge is 2.37. The third kappa shape index (κ3) is 3.21. The quantitative estimate of drug-likeness (QED) is 0.742. The largest absolute Gasteiger partial charge is 0.377 e. The predicted molar refractivity (Wildman–Crippen MR) is 71.0 cm³/mol. The second-order valence-electron chi connectivity index (χ2n) is 6.12. The second kappa shape index (κ2) is 5.68. The molecule has 1 saturated heterocycles. The van der Waals surface area contributed by atoms with Crippen molar-refractivity contribution in [3.63, 3.8) is 0 Å². The van der Waals surface area contributed by atoms with Crippen LogP contribution in [0.1, 0.15) is 52.4 Å². The van der Waals surface area contributed by atoms with E-state index in [1.807, 2.05) is 0 Å². The lowest BCUT2D eigenvalue weighted by molar-refractivity contribution is 0.0863. The van der Waals surface area contributed by atoms with E-state index in [1.54, 1.807) is 0 Å². The Balaban J connectivity index is 1.83. The summed E-state index contributed by atoms with van der Waals surface area (Å²) in [5.41, 5.74) is 6.43. The van der Waals surface area contributed by atoms with Crippen LogP contribution in [0.2, 0.25) is 0 Å². The molecule has 3 nitrogen and oxygen atoms in total. The minimum absolute atomic E-state index is 0.159. The normalized spacial score (nSPS) is 43.6. The first-order valence-corrected chi connectivity index (χ1v) is 7.24. The third-order valence-corrected chi connectivity index (χ3v) is 4.87. The highest BCUT2D eigenvalue weighted by atomic mass is 16.5. The molecular weight excluding hydrogens is 212 g/mol. The lowest BCUT2D eigenvalue weighted by Gasteiger charge is -2.32. The minimum Gasteiger partial charge on any atom is -0.377 e. The van der Waals surface area contributed by atoms with Gasteiger partial charge in [0.25, 0.3) is 0 Å². The molecule has 0 radical (unpaired) electrons. The zero-order valence-electron chi connectivity index (χ0n) is 11.4. The molecule has 0 aromatic heterocycles. The van der Waals surface area contributed by atoms with Crippen LogP contribution in [0, 0.1) is 5.92 Å². The molecule has 0 amide bonds. The Bertz CT molecular complexity index is 246. The maximum atomic E-state index is 6.27. The Morgan fingerprint density at radius 3 is 2.76 bits per heavy atom. The maximum Gasteiger partial charge on any atom is 0.0726 e. The SMILES string of the molecule is CC1OCCC1(C)NCC1CCCCCC1N. The van der Waals surface area contributed by atoms with Gasteiger partial charge in [-0.2, -0.15) is 0 Å². The smallest absolute Gasteiger partial charge is 0.0726 e. The summed E-state index contributed by atoms with van der Waals surface area (Å²) in [5, 5.41) is 3.73. The van der Waals surface area contributed by atoms with Gasteiger partial charge in [0, 0.05) is 24.7 Å². The molecule has 17 heavy (non-hydrogen) atoms. The molecule has 2 fully saturated rings. The molecule has 2 rings (SSSR count). The van der Waals surface area contributed by atoms with Gasteiger partial charge >= 0.3 is 0 Å². The molecular formula is C14H28N2O. The Kier molecular flexibility index (Phi) is 4.45. The average molecular weight is 240 g/mol. The van der Waals surface area contributed by atoms with Gasteiger partial charge in [-0.3, -0.25) is 0 Å². The topological polar surface area (TPSA) is 47.3 Å². The van der Waals surface area contributed by atoms with E-state index in [0.29, 0.717) is 18.1 Å². The average Bonchev–Trinajstić information content (AvgIpc) is 2.51. The van der Waals surface area contributed by atoms with E-state index >= 15 is 0 Å². The molecule has 1 saturated carbocycles. The summed E-state index contributed by atoms with van der Waals surface area (Å²) in [6, 6.07) is 0.395. The van der Waals surface area contributed by atoms with Crippen molar-refractivity contribution in [1.82, 2.24) is 5.32 Å². The van der Waals surface area contributed by atoms with Crippen molar-refractivity contribution >= 4 is 0 Å². The van der Waals surface area contributed by atoms with Crippen LogP contribution in [0.3, 0.4) is 0 Å². The summed E-state index contributed by atoms with van der Waals surface area (Å²) in [6.45, 7) is 6.41. The molecule has 0 spiro atoms. The van der Waals surface area contributed by atoms with Crippen molar-refractivity contribution < 1.29 is 4.74 Å². The van der Waals surface area contributed by atoms with Crippen LogP contribution in [0.5, 0.6) is 0 Å². The zero-order valence-corrected chi connectivity index (χ0v) is 11.4. The summed E-state index contributed by atoms with van der Waals surface area (Å²) < 4.78 is 5.67. The first kappa shape index (κ1) is 13.3. The first-order chi connectivity index (χ1) is 8.12. The Morgan fingerprint density at radius 1 is 1.29 bits per heavy atom. The molecule has 3 heteroatoms. The van der Waals surface area contributed by atoms with E-state index in [0.717, 1.165) is 19.6 Å². The number of rotatable bonds is 3. The van der Waals surface area contributed by atoms with Crippen molar-refractivity contribution in [2.75, 3.05) is 13.2 Å². The Morgan fingerprint density at radius 2 is 2.06 bits per heavy atom. The molecule has 0 aromatic carbocycles. The third-order valence-electron chi connectivity index (χ3n) is 4.87. The van der Waals surface area contributed by atoms with Gasteiger partial charge in [-0.05, 0) is 39.0 Å². The monoisotopic (exact) mass is 240 g/mol. The number of nitrogens with one attached hydrogen (secondary N) is 1. The molecule has 3 N–H and O–H groups in total. The van der Waals surface area contributed by atoms with Crippen LogP contribution in [0.25, 0.3) is 0 Å². The van der Waals surface area contributed by atoms with Gasteiger partial charge in [-0.25, -0.2) is 0 Å². The first-order valence-electron chi connectivity index (χ1n) is 7.24. The Labute approximate surface area is 105 Å². The number of hydrogen-bond acceptors (Lipinski definition) is 3. The van der Waals surface area contributed by atoms with Gasteiger partial charge in [0.05, 0.1) is 6.10 Å².